The standard InChI is InChI=1S/C16H22BrN3O2/c17-14-7-13(8-18-9-14)16(21)19-15-1-4-20(5-2-15)10-12-3-6-22-11-12/h7-9,12,15H,1-6,10-11H2,(H,19,21)/t12-/m0/s1. The van der Waals surface area contributed by atoms with Crippen molar-refractivity contribution in [1.82, 2.24) is 15.2 Å². The second-order valence-electron chi connectivity index (χ2n) is 6.17. The highest BCUT2D eigenvalue weighted by Crippen LogP contribution is 2.18. The van der Waals surface area contributed by atoms with Crippen LogP contribution in [0, 0.1) is 5.92 Å². The number of hydrogen-bond donors (Lipinski definition) is 1. The smallest absolute Gasteiger partial charge is 0.253 e. The van der Waals surface area contributed by atoms with E-state index >= 15 is 0 Å². The maximum absolute atomic E-state index is 12.2. The van der Waals surface area contributed by atoms with Crippen molar-refractivity contribution >= 4 is 21.8 Å². The normalized spacial score (nSPS) is 23.6. The van der Waals surface area contributed by atoms with Crippen molar-refractivity contribution in [3.63, 3.8) is 0 Å². The molecule has 0 spiro atoms. The van der Waals surface area contributed by atoms with Crippen LogP contribution in [0.1, 0.15) is 29.6 Å². The largest absolute Gasteiger partial charge is 0.381 e. The highest BCUT2D eigenvalue weighted by Gasteiger charge is 2.24. The molecule has 0 aliphatic carbocycles. The van der Waals surface area contributed by atoms with Crippen molar-refractivity contribution in [2.24, 2.45) is 5.92 Å². The minimum Gasteiger partial charge on any atom is -0.381 e. The molecular weight excluding hydrogens is 346 g/mol. The van der Waals surface area contributed by atoms with Crippen molar-refractivity contribution < 1.29 is 9.53 Å². The maximum Gasteiger partial charge on any atom is 0.253 e. The van der Waals surface area contributed by atoms with Crippen LogP contribution in [0.3, 0.4) is 0 Å². The number of ether oxygens (including phenoxy) is 1. The number of piperidine rings is 1. The Labute approximate surface area is 139 Å². The molecule has 3 rings (SSSR count). The fourth-order valence-electron chi connectivity index (χ4n) is 3.16. The van der Waals surface area contributed by atoms with Gasteiger partial charge in [0, 0.05) is 49.1 Å². The highest BCUT2D eigenvalue weighted by molar-refractivity contribution is 9.10. The first-order valence-electron chi connectivity index (χ1n) is 7.92. The van der Waals surface area contributed by atoms with Gasteiger partial charge in [0.25, 0.3) is 5.91 Å². The summed E-state index contributed by atoms with van der Waals surface area (Å²) in [4.78, 5) is 18.8. The molecule has 0 aromatic carbocycles. The number of nitrogens with zero attached hydrogens (tertiary/aromatic N) is 2. The zero-order valence-electron chi connectivity index (χ0n) is 12.6. The molecule has 0 unspecified atom stereocenters. The third-order valence-corrected chi connectivity index (χ3v) is 4.86. The summed E-state index contributed by atoms with van der Waals surface area (Å²) in [6, 6.07) is 2.07. The van der Waals surface area contributed by atoms with E-state index in [2.05, 4.69) is 31.1 Å². The van der Waals surface area contributed by atoms with Crippen LogP contribution in [0.2, 0.25) is 0 Å². The van der Waals surface area contributed by atoms with Gasteiger partial charge in [-0.1, -0.05) is 0 Å². The molecule has 1 N–H and O–H groups in total. The van der Waals surface area contributed by atoms with Gasteiger partial charge in [0.1, 0.15) is 0 Å². The number of likely N-dealkylation sites (tertiary alicyclic amines) is 1. The number of carbonyl (C=O) groups excluding carboxylic acids is 1. The van der Waals surface area contributed by atoms with Crippen molar-refractivity contribution in [3.05, 3.63) is 28.5 Å². The Morgan fingerprint density at radius 2 is 2.18 bits per heavy atom. The van der Waals surface area contributed by atoms with Gasteiger partial charge in [-0.05, 0) is 47.2 Å². The highest BCUT2D eigenvalue weighted by atomic mass is 79.9. The van der Waals surface area contributed by atoms with Crippen LogP contribution >= 0.6 is 15.9 Å². The molecule has 120 valence electrons. The van der Waals surface area contributed by atoms with Crippen LogP contribution in [-0.4, -0.2) is 54.7 Å². The molecule has 1 atom stereocenters. The van der Waals surface area contributed by atoms with E-state index in [1.54, 1.807) is 18.5 Å². The lowest BCUT2D eigenvalue weighted by atomic mass is 10.0. The van der Waals surface area contributed by atoms with E-state index in [-0.39, 0.29) is 11.9 Å². The van der Waals surface area contributed by atoms with E-state index < -0.39 is 0 Å². The number of pyridine rings is 1. The van der Waals surface area contributed by atoms with Crippen LogP contribution in [0.5, 0.6) is 0 Å². The fraction of sp³-hybridized carbons (Fsp3) is 0.625. The van der Waals surface area contributed by atoms with Gasteiger partial charge in [0.05, 0.1) is 12.2 Å². The number of rotatable bonds is 4. The van der Waals surface area contributed by atoms with Gasteiger partial charge >= 0.3 is 0 Å². The molecule has 1 aromatic heterocycles. The zero-order valence-corrected chi connectivity index (χ0v) is 14.2. The second-order valence-corrected chi connectivity index (χ2v) is 7.09. The molecule has 1 aromatic rings. The second kappa shape index (κ2) is 7.53. The summed E-state index contributed by atoms with van der Waals surface area (Å²) in [5.74, 6) is 0.662. The van der Waals surface area contributed by atoms with Crippen LogP contribution in [-0.2, 0) is 4.74 Å². The van der Waals surface area contributed by atoms with E-state index in [0.29, 0.717) is 11.5 Å². The minimum absolute atomic E-state index is 0.0311. The zero-order chi connectivity index (χ0) is 15.4. The predicted molar refractivity (Wildman–Crippen MR) is 87.8 cm³/mol. The van der Waals surface area contributed by atoms with Crippen molar-refractivity contribution in [1.29, 1.82) is 0 Å². The van der Waals surface area contributed by atoms with Crippen molar-refractivity contribution in [2.75, 3.05) is 32.8 Å². The summed E-state index contributed by atoms with van der Waals surface area (Å²) in [5, 5.41) is 3.13. The summed E-state index contributed by atoms with van der Waals surface area (Å²) in [7, 11) is 0. The molecule has 3 heterocycles. The van der Waals surface area contributed by atoms with Gasteiger partial charge < -0.3 is 15.0 Å². The van der Waals surface area contributed by atoms with Crippen molar-refractivity contribution in [3.8, 4) is 0 Å². The van der Waals surface area contributed by atoms with Gasteiger partial charge in [-0.15, -0.1) is 0 Å². The van der Waals surface area contributed by atoms with E-state index in [1.807, 2.05) is 0 Å². The minimum atomic E-state index is -0.0311. The topological polar surface area (TPSA) is 54.5 Å². The maximum atomic E-state index is 12.2. The first-order valence-corrected chi connectivity index (χ1v) is 8.71. The number of amides is 1. The van der Waals surface area contributed by atoms with Gasteiger partial charge in [-0.3, -0.25) is 9.78 Å². The lowest BCUT2D eigenvalue weighted by Crippen LogP contribution is -2.45. The van der Waals surface area contributed by atoms with E-state index in [1.165, 1.54) is 6.42 Å². The Morgan fingerprint density at radius 1 is 1.36 bits per heavy atom. The fourth-order valence-corrected chi connectivity index (χ4v) is 3.52. The van der Waals surface area contributed by atoms with E-state index in [0.717, 1.165) is 50.2 Å². The lowest BCUT2D eigenvalue weighted by Gasteiger charge is -2.33. The Balaban J connectivity index is 1.44. The summed E-state index contributed by atoms with van der Waals surface area (Å²) >= 11 is 3.35. The molecule has 6 heteroatoms. The molecular formula is C16H22BrN3O2. The Hall–Kier alpha value is -0.980. The SMILES string of the molecule is O=C(NC1CCN(C[C@@H]2CCOC2)CC1)c1cncc(Br)c1. The molecule has 2 aliphatic heterocycles. The third kappa shape index (κ3) is 4.27. The first kappa shape index (κ1) is 15.9. The lowest BCUT2D eigenvalue weighted by molar-refractivity contribution is 0.0903. The summed E-state index contributed by atoms with van der Waals surface area (Å²) in [5.41, 5.74) is 0.611. The van der Waals surface area contributed by atoms with Gasteiger partial charge in [0.15, 0.2) is 0 Å². The Morgan fingerprint density at radius 3 is 2.86 bits per heavy atom. The number of nitrogens with one attached hydrogen (secondary N) is 1. The van der Waals surface area contributed by atoms with Crippen molar-refractivity contribution in [2.45, 2.75) is 25.3 Å². The molecule has 2 fully saturated rings. The Kier molecular flexibility index (Phi) is 5.44. The molecule has 22 heavy (non-hydrogen) atoms. The first-order chi connectivity index (χ1) is 10.7. The van der Waals surface area contributed by atoms with E-state index in [4.69, 9.17) is 4.74 Å². The molecule has 2 aliphatic rings. The van der Waals surface area contributed by atoms with Crippen LogP contribution in [0.4, 0.5) is 0 Å². The van der Waals surface area contributed by atoms with Crippen LogP contribution in [0.15, 0.2) is 22.9 Å². The third-order valence-electron chi connectivity index (χ3n) is 4.43. The van der Waals surface area contributed by atoms with Gasteiger partial charge in [-0.25, -0.2) is 0 Å². The molecule has 0 saturated carbocycles. The molecule has 5 nitrogen and oxygen atoms in total. The van der Waals surface area contributed by atoms with Crippen LogP contribution in [0.25, 0.3) is 0 Å². The molecule has 1 amide bonds. The Bertz CT molecular complexity index is 512. The van der Waals surface area contributed by atoms with E-state index in [9.17, 15) is 4.79 Å². The summed E-state index contributed by atoms with van der Waals surface area (Å²) < 4.78 is 6.27. The van der Waals surface area contributed by atoms with Gasteiger partial charge in [0.2, 0.25) is 0 Å². The average Bonchev–Trinajstić information content (AvgIpc) is 3.02. The summed E-state index contributed by atoms with van der Waals surface area (Å²) in [6.45, 7) is 5.07. The average molecular weight is 368 g/mol. The van der Waals surface area contributed by atoms with Crippen LogP contribution < -0.4 is 5.32 Å². The molecule has 2 saturated heterocycles. The number of aromatic nitrogens is 1. The quantitative estimate of drug-likeness (QED) is 0.884. The van der Waals surface area contributed by atoms with Gasteiger partial charge in [-0.2, -0.15) is 0 Å². The summed E-state index contributed by atoms with van der Waals surface area (Å²) in [6.07, 6.45) is 6.51. The number of carbonyl (C=O) groups is 1. The molecule has 0 bridgehead atoms. The molecule has 0 radical (unpaired) electrons. The number of halogens is 1. The number of hydrogen-bond acceptors (Lipinski definition) is 4. The monoisotopic (exact) mass is 367 g/mol. The predicted octanol–water partition coefficient (Wildman–Crippen LogP) is 2.07.